The summed E-state index contributed by atoms with van der Waals surface area (Å²) in [6, 6.07) is 0. The summed E-state index contributed by atoms with van der Waals surface area (Å²) in [5, 5.41) is 5.86. The third-order valence-electron chi connectivity index (χ3n) is 3.17. The zero-order valence-corrected chi connectivity index (χ0v) is 11.4. The summed E-state index contributed by atoms with van der Waals surface area (Å²) in [5.41, 5.74) is 0. The van der Waals surface area contributed by atoms with Crippen molar-refractivity contribution in [1.29, 1.82) is 0 Å². The van der Waals surface area contributed by atoms with Crippen LogP contribution in [-0.4, -0.2) is 75.0 Å². The quantitative estimate of drug-likeness (QED) is 0.654. The lowest BCUT2D eigenvalue weighted by molar-refractivity contribution is -0.131. The van der Waals surface area contributed by atoms with E-state index in [1.807, 2.05) is 0 Å². The fourth-order valence-corrected chi connectivity index (χ4v) is 1.89. The molecule has 0 aromatic heterocycles. The molecule has 2 amide bonds. The van der Waals surface area contributed by atoms with Gasteiger partial charge in [-0.05, 0) is 19.5 Å². The van der Waals surface area contributed by atoms with Crippen LogP contribution in [0.25, 0.3) is 0 Å². The molecule has 0 atom stereocenters. The van der Waals surface area contributed by atoms with Crippen molar-refractivity contribution >= 4 is 11.8 Å². The Morgan fingerprint density at radius 2 is 2.11 bits per heavy atom. The molecule has 0 aromatic carbocycles. The number of amides is 2. The number of nitrogens with zero attached hydrogens (tertiary/aromatic N) is 2. The lowest BCUT2D eigenvalue weighted by Crippen LogP contribution is -2.41. The molecule has 1 aliphatic heterocycles. The van der Waals surface area contributed by atoms with Crippen molar-refractivity contribution in [2.75, 3.05) is 53.4 Å². The zero-order valence-electron chi connectivity index (χ0n) is 11.4. The molecule has 0 radical (unpaired) electrons. The van der Waals surface area contributed by atoms with Gasteiger partial charge in [-0.2, -0.15) is 0 Å². The van der Waals surface area contributed by atoms with Gasteiger partial charge in [-0.15, -0.1) is 0 Å². The van der Waals surface area contributed by atoms with E-state index in [9.17, 15) is 9.59 Å². The Hall–Kier alpha value is -1.14. The van der Waals surface area contributed by atoms with Crippen LogP contribution in [0.1, 0.15) is 12.8 Å². The fraction of sp³-hybridized carbons (Fsp3) is 0.833. The van der Waals surface area contributed by atoms with Gasteiger partial charge >= 0.3 is 0 Å². The molecule has 2 N–H and O–H groups in total. The van der Waals surface area contributed by atoms with Crippen molar-refractivity contribution in [1.82, 2.24) is 20.4 Å². The monoisotopic (exact) mass is 256 g/mol. The number of nitrogens with one attached hydrogen (secondary N) is 2. The Morgan fingerprint density at radius 3 is 2.83 bits per heavy atom. The Kier molecular flexibility index (Phi) is 6.67. The molecular weight excluding hydrogens is 232 g/mol. The van der Waals surface area contributed by atoms with E-state index in [0.29, 0.717) is 19.5 Å². The number of rotatable bonds is 5. The number of hydrogen-bond donors (Lipinski definition) is 2. The highest BCUT2D eigenvalue weighted by Crippen LogP contribution is 1.98. The Balaban J connectivity index is 2.27. The second kappa shape index (κ2) is 8.05. The maximum atomic E-state index is 12.0. The maximum absolute atomic E-state index is 12.0. The van der Waals surface area contributed by atoms with Crippen molar-refractivity contribution in [3.05, 3.63) is 0 Å². The van der Waals surface area contributed by atoms with E-state index in [1.165, 1.54) is 0 Å². The highest BCUT2D eigenvalue weighted by molar-refractivity contribution is 5.79. The molecule has 6 nitrogen and oxygen atoms in total. The third-order valence-corrected chi connectivity index (χ3v) is 3.17. The molecule has 1 aliphatic rings. The van der Waals surface area contributed by atoms with Crippen molar-refractivity contribution in [3.63, 3.8) is 0 Å². The van der Waals surface area contributed by atoms with Crippen LogP contribution < -0.4 is 10.6 Å². The van der Waals surface area contributed by atoms with E-state index in [2.05, 4.69) is 15.5 Å². The molecule has 0 saturated carbocycles. The van der Waals surface area contributed by atoms with Gasteiger partial charge in [-0.25, -0.2) is 0 Å². The van der Waals surface area contributed by atoms with Gasteiger partial charge in [-0.1, -0.05) is 0 Å². The topological polar surface area (TPSA) is 64.7 Å². The number of likely N-dealkylation sites (N-methyl/N-ethyl adjacent to an activating group) is 1. The van der Waals surface area contributed by atoms with Gasteiger partial charge in [-0.3, -0.25) is 14.5 Å². The third kappa shape index (κ3) is 5.46. The number of carbonyl (C=O) groups excluding carboxylic acids is 2. The summed E-state index contributed by atoms with van der Waals surface area (Å²) in [6.07, 6.45) is 1.44. The minimum Gasteiger partial charge on any atom is -0.359 e. The number of hydrogen-bond acceptors (Lipinski definition) is 4. The molecule has 0 unspecified atom stereocenters. The molecule has 0 bridgehead atoms. The molecule has 6 heteroatoms. The van der Waals surface area contributed by atoms with E-state index in [1.54, 1.807) is 19.0 Å². The van der Waals surface area contributed by atoms with Crippen LogP contribution in [0.15, 0.2) is 0 Å². The largest absolute Gasteiger partial charge is 0.359 e. The summed E-state index contributed by atoms with van der Waals surface area (Å²) >= 11 is 0. The lowest BCUT2D eigenvalue weighted by Gasteiger charge is -2.23. The molecule has 18 heavy (non-hydrogen) atoms. The summed E-state index contributed by atoms with van der Waals surface area (Å²) < 4.78 is 0. The Bertz CT molecular complexity index is 275. The van der Waals surface area contributed by atoms with Crippen molar-refractivity contribution in [3.8, 4) is 0 Å². The van der Waals surface area contributed by atoms with Gasteiger partial charge < -0.3 is 15.5 Å². The minimum atomic E-state index is -0.0337. The maximum Gasteiger partial charge on any atom is 0.236 e. The Labute approximate surface area is 109 Å². The first kappa shape index (κ1) is 14.9. The summed E-state index contributed by atoms with van der Waals surface area (Å²) in [6.45, 7) is 4.76. The molecular formula is C12H24N4O2. The summed E-state index contributed by atoms with van der Waals surface area (Å²) in [7, 11) is 3.36. The highest BCUT2D eigenvalue weighted by atomic mass is 16.2. The van der Waals surface area contributed by atoms with Gasteiger partial charge in [0.25, 0.3) is 0 Å². The van der Waals surface area contributed by atoms with Gasteiger partial charge in [0.2, 0.25) is 11.8 Å². The molecule has 0 aliphatic carbocycles. The van der Waals surface area contributed by atoms with E-state index in [0.717, 1.165) is 32.6 Å². The van der Waals surface area contributed by atoms with Crippen LogP contribution in [0.4, 0.5) is 0 Å². The van der Waals surface area contributed by atoms with Gasteiger partial charge in [0.15, 0.2) is 0 Å². The zero-order chi connectivity index (χ0) is 13.4. The van der Waals surface area contributed by atoms with Crippen LogP contribution in [-0.2, 0) is 9.59 Å². The average Bonchev–Trinajstić information content (AvgIpc) is 2.63. The van der Waals surface area contributed by atoms with Crippen LogP contribution >= 0.6 is 0 Å². The van der Waals surface area contributed by atoms with Crippen LogP contribution in [0.2, 0.25) is 0 Å². The molecule has 1 heterocycles. The minimum absolute atomic E-state index is 0.0337. The smallest absolute Gasteiger partial charge is 0.236 e. The summed E-state index contributed by atoms with van der Waals surface area (Å²) in [4.78, 5) is 26.9. The molecule has 1 saturated heterocycles. The predicted octanol–water partition coefficient (Wildman–Crippen LogP) is -1.12. The van der Waals surface area contributed by atoms with Crippen molar-refractivity contribution in [2.24, 2.45) is 0 Å². The lowest BCUT2D eigenvalue weighted by atomic mass is 10.3. The molecule has 1 fully saturated rings. The van der Waals surface area contributed by atoms with Crippen LogP contribution in [0, 0.1) is 0 Å². The van der Waals surface area contributed by atoms with Crippen LogP contribution in [0.5, 0.6) is 0 Å². The standard InChI is InChI=1S/C12H24N4O2/c1-13-11(17)4-8-15(2)12(18)10-16-7-3-5-14-6-9-16/h14H,3-10H2,1-2H3,(H,13,17). The molecule has 104 valence electrons. The average molecular weight is 256 g/mol. The first-order valence-electron chi connectivity index (χ1n) is 6.51. The first-order valence-corrected chi connectivity index (χ1v) is 6.51. The SMILES string of the molecule is CNC(=O)CCN(C)C(=O)CN1CCCNCC1. The van der Waals surface area contributed by atoms with E-state index in [-0.39, 0.29) is 11.8 Å². The second-order valence-corrected chi connectivity index (χ2v) is 4.62. The normalized spacial score (nSPS) is 17.0. The van der Waals surface area contributed by atoms with E-state index in [4.69, 9.17) is 0 Å². The second-order valence-electron chi connectivity index (χ2n) is 4.62. The van der Waals surface area contributed by atoms with E-state index >= 15 is 0 Å². The highest BCUT2D eigenvalue weighted by Gasteiger charge is 2.16. The van der Waals surface area contributed by atoms with E-state index < -0.39 is 0 Å². The first-order chi connectivity index (χ1) is 8.63. The molecule has 0 spiro atoms. The van der Waals surface area contributed by atoms with Crippen LogP contribution in [0.3, 0.4) is 0 Å². The van der Waals surface area contributed by atoms with Gasteiger partial charge in [0.1, 0.15) is 0 Å². The number of carbonyl (C=O) groups is 2. The van der Waals surface area contributed by atoms with Crippen molar-refractivity contribution < 1.29 is 9.59 Å². The predicted molar refractivity (Wildman–Crippen MR) is 70.2 cm³/mol. The van der Waals surface area contributed by atoms with Gasteiger partial charge in [0, 0.05) is 40.2 Å². The fourth-order valence-electron chi connectivity index (χ4n) is 1.89. The Morgan fingerprint density at radius 1 is 1.33 bits per heavy atom. The van der Waals surface area contributed by atoms with Crippen molar-refractivity contribution in [2.45, 2.75) is 12.8 Å². The summed E-state index contributed by atoms with van der Waals surface area (Å²) in [5.74, 6) is 0.0504. The van der Waals surface area contributed by atoms with Gasteiger partial charge in [0.05, 0.1) is 6.54 Å². The molecule has 0 aromatic rings. The molecule has 1 rings (SSSR count).